The lowest BCUT2D eigenvalue weighted by Gasteiger charge is -2.06. The second kappa shape index (κ2) is 7.89. The predicted octanol–water partition coefficient (Wildman–Crippen LogP) is 4.13. The third-order valence-corrected chi connectivity index (χ3v) is 5.33. The van der Waals surface area contributed by atoms with Crippen molar-refractivity contribution in [1.82, 2.24) is 19.5 Å². The fourth-order valence-corrected chi connectivity index (χ4v) is 3.93. The Hall–Kier alpha value is -2.04. The van der Waals surface area contributed by atoms with Gasteiger partial charge < -0.3 is 9.55 Å². The van der Waals surface area contributed by atoms with Crippen molar-refractivity contribution in [3.8, 4) is 12.3 Å². The highest BCUT2D eigenvalue weighted by Crippen LogP contribution is 2.31. The van der Waals surface area contributed by atoms with Crippen LogP contribution in [0, 0.1) is 17.8 Å². The number of H-pyrrole nitrogens is 1. The van der Waals surface area contributed by atoms with Crippen molar-refractivity contribution in [2.45, 2.75) is 42.8 Å². The Morgan fingerprint density at radius 3 is 3.04 bits per heavy atom. The minimum absolute atomic E-state index is 0.203. The van der Waals surface area contributed by atoms with Gasteiger partial charge in [-0.2, -0.15) is 0 Å². The van der Waals surface area contributed by atoms with Crippen LogP contribution in [0.1, 0.15) is 25.3 Å². The maximum atomic E-state index is 8.03. The quantitative estimate of drug-likeness (QED) is 0.469. The summed E-state index contributed by atoms with van der Waals surface area (Å²) in [5.74, 6) is 2.65. The van der Waals surface area contributed by atoms with Crippen LogP contribution < -0.4 is 5.49 Å². The summed E-state index contributed by atoms with van der Waals surface area (Å²) in [6, 6.07) is 6.24. The SMILES string of the molecule is C#CCCCn1cnc(=N)c2[nH]c(Sc3ccc(Br)cc3CC)nc21. The zero-order valence-corrected chi connectivity index (χ0v) is 16.2. The summed E-state index contributed by atoms with van der Waals surface area (Å²) < 4.78 is 3.02. The summed E-state index contributed by atoms with van der Waals surface area (Å²) in [4.78, 5) is 13.2. The number of nitrogens with one attached hydrogen (secondary N) is 2. The Kier molecular flexibility index (Phi) is 5.61. The average Bonchev–Trinajstić information content (AvgIpc) is 3.03. The first-order chi connectivity index (χ1) is 12.1. The van der Waals surface area contributed by atoms with E-state index in [1.807, 2.05) is 10.6 Å². The molecule has 0 atom stereocenters. The molecule has 0 unspecified atom stereocenters. The van der Waals surface area contributed by atoms with E-state index in [2.05, 4.69) is 50.9 Å². The van der Waals surface area contributed by atoms with Gasteiger partial charge in [-0.1, -0.05) is 34.6 Å². The molecule has 1 aromatic carbocycles. The molecular formula is C18H18BrN5S. The number of aromatic nitrogens is 4. The summed E-state index contributed by atoms with van der Waals surface area (Å²) in [5, 5.41) is 8.79. The number of fused-ring (bicyclic) bond motifs is 1. The third-order valence-electron chi connectivity index (χ3n) is 3.83. The standard InChI is InChI=1S/C18H18BrN5S/c1-3-5-6-9-24-11-21-16(20)15-17(24)23-18(22-15)25-14-8-7-13(19)10-12(14)4-2/h1,7-8,10-11,20H,4-6,9H2,2H3,(H,22,23). The normalized spacial score (nSPS) is 10.9. The number of aromatic amines is 1. The van der Waals surface area contributed by atoms with E-state index >= 15 is 0 Å². The molecule has 0 fully saturated rings. The van der Waals surface area contributed by atoms with E-state index in [1.165, 1.54) is 5.56 Å². The molecule has 0 bridgehead atoms. The van der Waals surface area contributed by atoms with E-state index in [0.29, 0.717) is 11.9 Å². The smallest absolute Gasteiger partial charge is 0.173 e. The Labute approximate surface area is 158 Å². The summed E-state index contributed by atoms with van der Waals surface area (Å²) in [6.07, 6.45) is 9.50. The molecule has 7 heteroatoms. The van der Waals surface area contributed by atoms with E-state index in [1.54, 1.807) is 18.1 Å². The minimum atomic E-state index is 0.203. The number of hydrogen-bond donors (Lipinski definition) is 2. The largest absolute Gasteiger partial charge is 0.328 e. The van der Waals surface area contributed by atoms with E-state index in [-0.39, 0.29) is 5.49 Å². The molecule has 0 aliphatic heterocycles. The number of terminal acetylenes is 1. The monoisotopic (exact) mass is 415 g/mol. The van der Waals surface area contributed by atoms with E-state index in [9.17, 15) is 0 Å². The van der Waals surface area contributed by atoms with Gasteiger partial charge in [-0.3, -0.25) is 5.41 Å². The van der Waals surface area contributed by atoms with Crippen molar-refractivity contribution < 1.29 is 0 Å². The lowest BCUT2D eigenvalue weighted by atomic mass is 10.2. The number of rotatable bonds is 6. The summed E-state index contributed by atoms with van der Waals surface area (Å²) >= 11 is 5.09. The molecule has 0 saturated carbocycles. The number of aryl methyl sites for hydroxylation is 2. The molecule has 0 aliphatic rings. The van der Waals surface area contributed by atoms with Crippen LogP contribution in [0.4, 0.5) is 0 Å². The van der Waals surface area contributed by atoms with Crippen molar-refractivity contribution in [2.24, 2.45) is 0 Å². The number of halogens is 1. The van der Waals surface area contributed by atoms with Crippen LogP contribution >= 0.6 is 27.7 Å². The second-order valence-corrected chi connectivity index (χ2v) is 7.49. The Bertz CT molecular complexity index is 999. The highest BCUT2D eigenvalue weighted by molar-refractivity contribution is 9.10. The number of imidazole rings is 1. The topological polar surface area (TPSA) is 70.3 Å². The molecule has 3 rings (SSSR count). The van der Waals surface area contributed by atoms with E-state index in [4.69, 9.17) is 16.8 Å². The molecule has 0 spiro atoms. The van der Waals surface area contributed by atoms with Gasteiger partial charge in [-0.25, -0.2) is 9.97 Å². The Balaban J connectivity index is 1.96. The van der Waals surface area contributed by atoms with Crippen LogP contribution in [0.2, 0.25) is 0 Å². The highest BCUT2D eigenvalue weighted by atomic mass is 79.9. The van der Waals surface area contributed by atoms with Crippen molar-refractivity contribution >= 4 is 38.9 Å². The van der Waals surface area contributed by atoms with E-state index in [0.717, 1.165) is 39.6 Å². The first-order valence-corrected chi connectivity index (χ1v) is 9.62. The van der Waals surface area contributed by atoms with Gasteiger partial charge in [0.1, 0.15) is 5.52 Å². The zero-order valence-electron chi connectivity index (χ0n) is 13.8. The van der Waals surface area contributed by atoms with Crippen molar-refractivity contribution in [2.75, 3.05) is 0 Å². The second-order valence-electron chi connectivity index (χ2n) is 5.54. The molecule has 0 saturated heterocycles. The minimum Gasteiger partial charge on any atom is -0.328 e. The molecule has 3 aromatic rings. The van der Waals surface area contributed by atoms with Crippen LogP contribution in [0.3, 0.4) is 0 Å². The maximum absolute atomic E-state index is 8.03. The van der Waals surface area contributed by atoms with Crippen LogP contribution in [-0.2, 0) is 13.0 Å². The van der Waals surface area contributed by atoms with Crippen molar-refractivity contribution in [3.63, 3.8) is 0 Å². The van der Waals surface area contributed by atoms with Crippen molar-refractivity contribution in [1.29, 1.82) is 5.41 Å². The zero-order chi connectivity index (χ0) is 17.8. The van der Waals surface area contributed by atoms with Gasteiger partial charge >= 0.3 is 0 Å². The van der Waals surface area contributed by atoms with Gasteiger partial charge in [0.2, 0.25) is 0 Å². The number of benzene rings is 1. The summed E-state index contributed by atoms with van der Waals surface area (Å²) in [6.45, 7) is 2.87. The highest BCUT2D eigenvalue weighted by Gasteiger charge is 2.12. The maximum Gasteiger partial charge on any atom is 0.173 e. The first kappa shape index (κ1) is 17.8. The van der Waals surface area contributed by atoms with Crippen LogP contribution in [-0.4, -0.2) is 19.5 Å². The molecule has 25 heavy (non-hydrogen) atoms. The van der Waals surface area contributed by atoms with Gasteiger partial charge in [0.05, 0.1) is 6.33 Å². The number of unbranched alkanes of at least 4 members (excludes halogenated alkanes) is 1. The molecule has 2 aromatic heterocycles. The van der Waals surface area contributed by atoms with E-state index < -0.39 is 0 Å². The van der Waals surface area contributed by atoms with Crippen LogP contribution in [0.5, 0.6) is 0 Å². The molecule has 0 amide bonds. The fraction of sp³-hybridized carbons (Fsp3) is 0.278. The predicted molar refractivity (Wildman–Crippen MR) is 103 cm³/mol. The molecule has 5 nitrogen and oxygen atoms in total. The Morgan fingerprint density at radius 2 is 2.28 bits per heavy atom. The summed E-state index contributed by atoms with van der Waals surface area (Å²) in [7, 11) is 0. The lowest BCUT2D eigenvalue weighted by molar-refractivity contribution is 0.653. The van der Waals surface area contributed by atoms with Gasteiger partial charge in [0.15, 0.2) is 16.3 Å². The van der Waals surface area contributed by atoms with Crippen LogP contribution in [0.25, 0.3) is 11.2 Å². The molecule has 0 radical (unpaired) electrons. The van der Waals surface area contributed by atoms with Gasteiger partial charge in [-0.15, -0.1) is 12.3 Å². The van der Waals surface area contributed by atoms with Gasteiger partial charge in [0, 0.05) is 22.3 Å². The fourth-order valence-electron chi connectivity index (χ4n) is 2.55. The van der Waals surface area contributed by atoms with Crippen molar-refractivity contribution in [3.05, 3.63) is 40.1 Å². The van der Waals surface area contributed by atoms with Gasteiger partial charge in [0.25, 0.3) is 0 Å². The molecule has 2 N–H and O–H groups in total. The molecular weight excluding hydrogens is 398 g/mol. The number of nitrogens with zero attached hydrogens (tertiary/aromatic N) is 3. The molecule has 0 aliphatic carbocycles. The first-order valence-electron chi connectivity index (χ1n) is 8.02. The van der Waals surface area contributed by atoms with Gasteiger partial charge in [-0.05, 0) is 36.6 Å². The summed E-state index contributed by atoms with van der Waals surface area (Å²) in [5.41, 5.74) is 2.86. The van der Waals surface area contributed by atoms with Crippen LogP contribution in [0.15, 0.2) is 39.1 Å². The third kappa shape index (κ3) is 3.97. The lowest BCUT2D eigenvalue weighted by Crippen LogP contribution is -2.12. The molecule has 2 heterocycles. The average molecular weight is 416 g/mol. The number of hydrogen-bond acceptors (Lipinski definition) is 4. The molecule has 128 valence electrons. The Morgan fingerprint density at radius 1 is 1.44 bits per heavy atom.